The lowest BCUT2D eigenvalue weighted by Crippen LogP contribution is -2.21. The van der Waals surface area contributed by atoms with Gasteiger partial charge in [-0.25, -0.2) is 4.79 Å². The van der Waals surface area contributed by atoms with E-state index in [1.165, 1.54) is 12.1 Å². The smallest absolute Gasteiger partial charge is 0.344 e. The molecule has 0 spiro atoms. The zero-order valence-electron chi connectivity index (χ0n) is 13.8. The number of allylic oxidation sites excluding steroid dienone is 1. The van der Waals surface area contributed by atoms with Crippen molar-refractivity contribution < 1.29 is 29.2 Å². The standard InChI is InChI=1S/C19H10Br2O7/c20-8-1-3-13-10(5-8)16(23)15(19(25)26-13)12(7-22)18-17(24)11-6-9(21)2-4-14(11)27-28-18/h1-7,12,23-24H. The van der Waals surface area contributed by atoms with Gasteiger partial charge in [-0.3, -0.25) is 9.78 Å². The number of fused-ring (bicyclic) bond motifs is 2. The summed E-state index contributed by atoms with van der Waals surface area (Å²) >= 11 is 6.56. The van der Waals surface area contributed by atoms with Crippen LogP contribution in [-0.4, -0.2) is 16.5 Å². The lowest BCUT2D eigenvalue weighted by molar-refractivity contribution is -0.176. The van der Waals surface area contributed by atoms with Gasteiger partial charge in [-0.05, 0) is 36.4 Å². The lowest BCUT2D eigenvalue weighted by Gasteiger charge is -2.22. The van der Waals surface area contributed by atoms with E-state index < -0.39 is 23.1 Å². The van der Waals surface area contributed by atoms with E-state index in [-0.39, 0.29) is 33.6 Å². The van der Waals surface area contributed by atoms with E-state index in [0.29, 0.717) is 15.2 Å². The molecule has 2 heterocycles. The first kappa shape index (κ1) is 18.6. The highest BCUT2D eigenvalue weighted by Crippen LogP contribution is 2.41. The molecule has 9 heteroatoms. The summed E-state index contributed by atoms with van der Waals surface area (Å²) in [6.45, 7) is 0. The highest BCUT2D eigenvalue weighted by molar-refractivity contribution is 9.10. The Morgan fingerprint density at radius 1 is 1.00 bits per heavy atom. The Bertz CT molecular complexity index is 1210. The number of carbonyl (C=O) groups excluding carboxylic acids is 1. The number of carbonyl (C=O) groups is 1. The minimum atomic E-state index is -1.45. The third kappa shape index (κ3) is 2.96. The molecular formula is C19H10Br2O7. The summed E-state index contributed by atoms with van der Waals surface area (Å²) in [6, 6.07) is 9.49. The number of rotatable bonds is 3. The lowest BCUT2D eigenvalue weighted by atomic mass is 9.95. The Labute approximate surface area is 174 Å². The van der Waals surface area contributed by atoms with Gasteiger partial charge in [-0.1, -0.05) is 31.9 Å². The Hall–Kier alpha value is -2.78. The Morgan fingerprint density at radius 2 is 1.71 bits per heavy atom. The fraction of sp³-hybridized carbons (Fsp3) is 0.0526. The van der Waals surface area contributed by atoms with E-state index in [1.807, 2.05) is 0 Å². The molecule has 3 aromatic rings. The average molecular weight is 510 g/mol. The molecule has 0 saturated carbocycles. The predicted molar refractivity (Wildman–Crippen MR) is 106 cm³/mol. The van der Waals surface area contributed by atoms with E-state index in [4.69, 9.17) is 14.2 Å². The van der Waals surface area contributed by atoms with Gasteiger partial charge in [-0.15, -0.1) is 0 Å². The number of benzene rings is 2. The summed E-state index contributed by atoms with van der Waals surface area (Å²) in [5, 5.41) is 21.5. The van der Waals surface area contributed by atoms with Crippen LogP contribution in [0, 0.1) is 0 Å². The van der Waals surface area contributed by atoms with Crippen LogP contribution in [0.25, 0.3) is 16.7 Å². The SMILES string of the molecule is O=CC(C1=C(O)c2cc(Br)ccc2OO1)c1c(O)c2cc(Br)ccc2oc1=O. The molecule has 4 rings (SSSR count). The van der Waals surface area contributed by atoms with Crippen LogP contribution in [0.5, 0.6) is 11.5 Å². The van der Waals surface area contributed by atoms with Crippen molar-refractivity contribution in [3.8, 4) is 11.5 Å². The second-order valence-electron chi connectivity index (χ2n) is 5.93. The number of halogens is 2. The van der Waals surface area contributed by atoms with E-state index in [2.05, 4.69) is 31.9 Å². The van der Waals surface area contributed by atoms with Gasteiger partial charge < -0.3 is 19.4 Å². The van der Waals surface area contributed by atoms with Crippen LogP contribution in [-0.2, 0) is 9.68 Å². The molecule has 0 amide bonds. The summed E-state index contributed by atoms with van der Waals surface area (Å²) in [4.78, 5) is 34.6. The zero-order valence-corrected chi connectivity index (χ0v) is 17.0. The van der Waals surface area contributed by atoms with Crippen molar-refractivity contribution in [1.29, 1.82) is 0 Å². The van der Waals surface area contributed by atoms with Crippen molar-refractivity contribution in [2.24, 2.45) is 0 Å². The van der Waals surface area contributed by atoms with Crippen LogP contribution < -0.4 is 10.5 Å². The van der Waals surface area contributed by atoms with Crippen molar-refractivity contribution in [2.75, 3.05) is 0 Å². The largest absolute Gasteiger partial charge is 0.507 e. The summed E-state index contributed by atoms with van der Waals surface area (Å²) in [5.74, 6) is -2.40. The monoisotopic (exact) mass is 508 g/mol. The van der Waals surface area contributed by atoms with E-state index in [9.17, 15) is 19.8 Å². The highest BCUT2D eigenvalue weighted by Gasteiger charge is 2.34. The molecule has 1 atom stereocenters. The summed E-state index contributed by atoms with van der Waals surface area (Å²) < 4.78 is 6.51. The van der Waals surface area contributed by atoms with Gasteiger partial charge in [0.2, 0.25) is 5.76 Å². The highest BCUT2D eigenvalue weighted by atomic mass is 79.9. The van der Waals surface area contributed by atoms with Crippen molar-refractivity contribution in [3.63, 3.8) is 0 Å². The first-order chi connectivity index (χ1) is 13.4. The van der Waals surface area contributed by atoms with Crippen LogP contribution in [0.4, 0.5) is 0 Å². The summed E-state index contributed by atoms with van der Waals surface area (Å²) in [6.07, 6.45) is 0.355. The molecule has 0 bridgehead atoms. The van der Waals surface area contributed by atoms with Gasteiger partial charge in [0.05, 0.1) is 16.5 Å². The summed E-state index contributed by atoms with van der Waals surface area (Å²) in [7, 11) is 0. The Kier molecular flexibility index (Phi) is 4.64. The molecular weight excluding hydrogens is 500 g/mol. The van der Waals surface area contributed by atoms with Gasteiger partial charge in [-0.2, -0.15) is 0 Å². The van der Waals surface area contributed by atoms with Crippen LogP contribution in [0.2, 0.25) is 0 Å². The van der Waals surface area contributed by atoms with E-state index in [0.717, 1.165) is 0 Å². The normalized spacial score (nSPS) is 14.2. The van der Waals surface area contributed by atoms with Crippen LogP contribution >= 0.6 is 31.9 Å². The van der Waals surface area contributed by atoms with Crippen LogP contribution in [0.3, 0.4) is 0 Å². The number of aldehydes is 1. The molecule has 7 nitrogen and oxygen atoms in total. The molecule has 1 aliphatic rings. The molecule has 1 aromatic heterocycles. The summed E-state index contributed by atoms with van der Waals surface area (Å²) in [5.41, 5.74) is -0.903. The molecule has 0 aliphatic carbocycles. The molecule has 142 valence electrons. The first-order valence-corrected chi connectivity index (χ1v) is 9.47. The molecule has 1 aliphatic heterocycles. The van der Waals surface area contributed by atoms with Crippen molar-refractivity contribution >= 4 is 54.9 Å². The second-order valence-corrected chi connectivity index (χ2v) is 7.76. The number of aliphatic hydroxyl groups excluding tert-OH is 1. The van der Waals surface area contributed by atoms with Crippen LogP contribution in [0.15, 0.2) is 60.3 Å². The molecule has 0 radical (unpaired) electrons. The minimum absolute atomic E-state index is 0.146. The number of hydrogen-bond acceptors (Lipinski definition) is 7. The van der Waals surface area contributed by atoms with E-state index in [1.54, 1.807) is 24.3 Å². The quantitative estimate of drug-likeness (QED) is 0.303. The third-order valence-corrected chi connectivity index (χ3v) is 5.24. The molecule has 0 fully saturated rings. The number of aromatic hydroxyl groups is 1. The average Bonchev–Trinajstić information content (AvgIpc) is 2.67. The predicted octanol–water partition coefficient (Wildman–Crippen LogP) is 4.56. The molecule has 0 saturated heterocycles. The maximum atomic E-state index is 12.5. The zero-order chi connectivity index (χ0) is 20.0. The first-order valence-electron chi connectivity index (χ1n) is 7.88. The minimum Gasteiger partial charge on any atom is -0.507 e. The van der Waals surface area contributed by atoms with Crippen molar-refractivity contribution in [3.05, 3.63) is 72.6 Å². The molecule has 1 unspecified atom stereocenters. The van der Waals surface area contributed by atoms with Crippen molar-refractivity contribution in [1.82, 2.24) is 0 Å². The molecule has 28 heavy (non-hydrogen) atoms. The van der Waals surface area contributed by atoms with Gasteiger partial charge >= 0.3 is 5.63 Å². The van der Waals surface area contributed by atoms with Crippen molar-refractivity contribution in [2.45, 2.75) is 5.92 Å². The van der Waals surface area contributed by atoms with Gasteiger partial charge in [0.1, 0.15) is 23.5 Å². The molecule has 2 N–H and O–H groups in total. The van der Waals surface area contributed by atoms with Gasteiger partial charge in [0.25, 0.3) is 0 Å². The maximum Gasteiger partial charge on any atom is 0.344 e. The third-order valence-electron chi connectivity index (χ3n) is 4.26. The number of hydrogen-bond donors (Lipinski definition) is 2. The van der Waals surface area contributed by atoms with E-state index >= 15 is 0 Å². The molecule has 2 aromatic carbocycles. The second kappa shape index (κ2) is 6.99. The van der Waals surface area contributed by atoms with Gasteiger partial charge in [0, 0.05) is 8.95 Å². The Balaban J connectivity index is 1.94. The maximum absolute atomic E-state index is 12.5. The van der Waals surface area contributed by atoms with Crippen LogP contribution in [0.1, 0.15) is 17.0 Å². The fourth-order valence-electron chi connectivity index (χ4n) is 2.93. The fourth-order valence-corrected chi connectivity index (χ4v) is 3.65. The topological polar surface area (TPSA) is 106 Å². The number of aliphatic hydroxyl groups is 1. The Morgan fingerprint density at radius 3 is 2.46 bits per heavy atom. The van der Waals surface area contributed by atoms with Gasteiger partial charge in [0.15, 0.2) is 11.5 Å².